The van der Waals surface area contributed by atoms with Crippen LogP contribution in [0, 0.1) is 13.8 Å². The number of aryl methyl sites for hydroxylation is 2. The Morgan fingerprint density at radius 1 is 1.23 bits per heavy atom. The first-order valence-electron chi connectivity index (χ1n) is 7.68. The Kier molecular flexibility index (Phi) is 4.29. The molecule has 2 aromatic rings. The molecule has 6 heteroatoms. The minimum absolute atomic E-state index is 0.0867. The fourth-order valence-electron chi connectivity index (χ4n) is 2.86. The van der Waals surface area contributed by atoms with E-state index >= 15 is 0 Å². The van der Waals surface area contributed by atoms with Gasteiger partial charge in [-0.1, -0.05) is 0 Å². The predicted octanol–water partition coefficient (Wildman–Crippen LogP) is 1.55. The van der Waals surface area contributed by atoms with E-state index in [1.165, 1.54) is 0 Å². The van der Waals surface area contributed by atoms with Crippen molar-refractivity contribution in [2.75, 3.05) is 32.7 Å². The summed E-state index contributed by atoms with van der Waals surface area (Å²) in [5.41, 5.74) is 0.698. The number of carbonyl (C=O) groups is 1. The van der Waals surface area contributed by atoms with Crippen molar-refractivity contribution in [2.24, 2.45) is 0 Å². The van der Waals surface area contributed by atoms with E-state index in [2.05, 4.69) is 14.5 Å². The summed E-state index contributed by atoms with van der Waals surface area (Å²) in [6, 6.07) is 1.84. The van der Waals surface area contributed by atoms with Crippen LogP contribution < -0.4 is 0 Å². The molecule has 118 valence electrons. The van der Waals surface area contributed by atoms with Crippen molar-refractivity contribution in [1.29, 1.82) is 0 Å². The van der Waals surface area contributed by atoms with E-state index in [9.17, 15) is 4.79 Å². The summed E-state index contributed by atoms with van der Waals surface area (Å²) in [4.78, 5) is 20.9. The molecule has 0 aromatic carbocycles. The Morgan fingerprint density at radius 2 is 2.00 bits per heavy atom. The monoisotopic (exact) mass is 302 g/mol. The van der Waals surface area contributed by atoms with Gasteiger partial charge in [-0.15, -0.1) is 0 Å². The lowest BCUT2D eigenvalue weighted by Crippen LogP contribution is -2.49. The van der Waals surface area contributed by atoms with Crippen LogP contribution in [0.3, 0.4) is 0 Å². The number of hydrogen-bond donors (Lipinski definition) is 0. The Balaban J connectivity index is 1.51. The molecular weight excluding hydrogens is 280 g/mol. The SMILES string of the molecule is Cc1cc(C(=O)N2CCN(CCn3ccnc3)CC2)c(C)o1. The Bertz CT molecular complexity index is 625. The van der Waals surface area contributed by atoms with E-state index in [1.807, 2.05) is 37.3 Å². The van der Waals surface area contributed by atoms with Crippen molar-refractivity contribution in [3.05, 3.63) is 41.9 Å². The van der Waals surface area contributed by atoms with Crippen LogP contribution in [-0.2, 0) is 6.54 Å². The third-order valence-electron chi connectivity index (χ3n) is 4.16. The zero-order chi connectivity index (χ0) is 15.5. The molecule has 1 aliphatic rings. The molecular formula is C16H22N4O2. The topological polar surface area (TPSA) is 54.5 Å². The van der Waals surface area contributed by atoms with Gasteiger partial charge in [0.25, 0.3) is 5.91 Å². The van der Waals surface area contributed by atoms with E-state index in [0.717, 1.165) is 45.0 Å². The summed E-state index contributed by atoms with van der Waals surface area (Å²) < 4.78 is 7.54. The van der Waals surface area contributed by atoms with Crippen molar-refractivity contribution in [2.45, 2.75) is 20.4 Å². The van der Waals surface area contributed by atoms with Crippen LogP contribution in [0.1, 0.15) is 21.9 Å². The van der Waals surface area contributed by atoms with Crippen LogP contribution in [0.4, 0.5) is 0 Å². The van der Waals surface area contributed by atoms with Crippen molar-refractivity contribution in [3.63, 3.8) is 0 Å². The Hall–Kier alpha value is -2.08. The lowest BCUT2D eigenvalue weighted by Gasteiger charge is -2.34. The smallest absolute Gasteiger partial charge is 0.257 e. The van der Waals surface area contributed by atoms with Gasteiger partial charge in [0, 0.05) is 51.7 Å². The highest BCUT2D eigenvalue weighted by Gasteiger charge is 2.24. The average Bonchev–Trinajstić information content (AvgIpc) is 3.14. The van der Waals surface area contributed by atoms with Gasteiger partial charge in [-0.05, 0) is 19.9 Å². The molecule has 0 bridgehead atoms. The lowest BCUT2D eigenvalue weighted by molar-refractivity contribution is 0.0631. The summed E-state index contributed by atoms with van der Waals surface area (Å²) in [5.74, 6) is 1.59. The molecule has 1 aliphatic heterocycles. The van der Waals surface area contributed by atoms with Crippen molar-refractivity contribution >= 4 is 5.91 Å². The largest absolute Gasteiger partial charge is 0.466 e. The van der Waals surface area contributed by atoms with Crippen LogP contribution in [-0.4, -0.2) is 58.0 Å². The number of carbonyl (C=O) groups excluding carboxylic acids is 1. The molecule has 1 saturated heterocycles. The fraction of sp³-hybridized carbons (Fsp3) is 0.500. The Morgan fingerprint density at radius 3 is 2.59 bits per heavy atom. The average molecular weight is 302 g/mol. The zero-order valence-corrected chi connectivity index (χ0v) is 13.2. The van der Waals surface area contributed by atoms with Gasteiger partial charge in [-0.3, -0.25) is 9.69 Å². The third-order valence-corrected chi connectivity index (χ3v) is 4.16. The van der Waals surface area contributed by atoms with Gasteiger partial charge in [0.2, 0.25) is 0 Å². The Labute approximate surface area is 130 Å². The molecule has 0 spiro atoms. The molecule has 0 saturated carbocycles. The molecule has 22 heavy (non-hydrogen) atoms. The number of furan rings is 1. The van der Waals surface area contributed by atoms with E-state index in [0.29, 0.717) is 11.3 Å². The summed E-state index contributed by atoms with van der Waals surface area (Å²) in [6.07, 6.45) is 5.61. The quantitative estimate of drug-likeness (QED) is 0.860. The van der Waals surface area contributed by atoms with Crippen LogP contribution in [0.5, 0.6) is 0 Å². The van der Waals surface area contributed by atoms with Crippen LogP contribution >= 0.6 is 0 Å². The van der Waals surface area contributed by atoms with Gasteiger partial charge in [-0.25, -0.2) is 4.98 Å². The van der Waals surface area contributed by atoms with E-state index in [1.54, 1.807) is 6.20 Å². The predicted molar refractivity (Wildman–Crippen MR) is 82.8 cm³/mol. The first-order valence-corrected chi connectivity index (χ1v) is 7.68. The highest BCUT2D eigenvalue weighted by molar-refractivity contribution is 5.95. The molecule has 1 fully saturated rings. The van der Waals surface area contributed by atoms with E-state index in [-0.39, 0.29) is 5.91 Å². The molecule has 3 heterocycles. The molecule has 0 radical (unpaired) electrons. The van der Waals surface area contributed by atoms with Gasteiger partial charge in [-0.2, -0.15) is 0 Å². The van der Waals surface area contributed by atoms with Gasteiger partial charge < -0.3 is 13.9 Å². The number of piperazine rings is 1. The van der Waals surface area contributed by atoms with Gasteiger partial charge in [0.15, 0.2) is 0 Å². The summed E-state index contributed by atoms with van der Waals surface area (Å²) >= 11 is 0. The molecule has 0 aliphatic carbocycles. The maximum atomic E-state index is 12.5. The summed E-state index contributed by atoms with van der Waals surface area (Å²) in [5, 5.41) is 0. The van der Waals surface area contributed by atoms with Gasteiger partial charge in [0.05, 0.1) is 11.9 Å². The maximum absolute atomic E-state index is 12.5. The number of hydrogen-bond acceptors (Lipinski definition) is 4. The molecule has 6 nitrogen and oxygen atoms in total. The van der Waals surface area contributed by atoms with Crippen LogP contribution in [0.25, 0.3) is 0 Å². The minimum atomic E-state index is 0.0867. The number of nitrogens with zero attached hydrogens (tertiary/aromatic N) is 4. The van der Waals surface area contributed by atoms with Gasteiger partial charge >= 0.3 is 0 Å². The molecule has 0 unspecified atom stereocenters. The standard InChI is InChI=1S/C16H22N4O2/c1-13-11-15(14(2)22-13)16(21)20-9-7-18(8-10-20)5-6-19-4-3-17-12-19/h3-4,11-12H,5-10H2,1-2H3. The highest BCUT2D eigenvalue weighted by Crippen LogP contribution is 2.17. The summed E-state index contributed by atoms with van der Waals surface area (Å²) in [7, 11) is 0. The first kappa shape index (κ1) is 14.8. The second kappa shape index (κ2) is 6.36. The van der Waals surface area contributed by atoms with Crippen LogP contribution in [0.15, 0.2) is 29.2 Å². The number of aromatic nitrogens is 2. The normalized spacial score (nSPS) is 16.2. The highest BCUT2D eigenvalue weighted by atomic mass is 16.3. The lowest BCUT2D eigenvalue weighted by atomic mass is 10.2. The molecule has 0 N–H and O–H groups in total. The summed E-state index contributed by atoms with van der Waals surface area (Å²) in [6.45, 7) is 9.02. The van der Waals surface area contributed by atoms with Crippen LogP contribution in [0.2, 0.25) is 0 Å². The fourth-order valence-corrected chi connectivity index (χ4v) is 2.86. The molecule has 1 amide bonds. The van der Waals surface area contributed by atoms with Crippen molar-refractivity contribution in [1.82, 2.24) is 19.4 Å². The minimum Gasteiger partial charge on any atom is -0.466 e. The van der Waals surface area contributed by atoms with E-state index < -0.39 is 0 Å². The molecule has 3 rings (SSSR count). The maximum Gasteiger partial charge on any atom is 0.257 e. The second-order valence-corrected chi connectivity index (χ2v) is 5.76. The first-order chi connectivity index (χ1) is 10.6. The third kappa shape index (κ3) is 3.22. The van der Waals surface area contributed by atoms with Gasteiger partial charge in [0.1, 0.15) is 11.5 Å². The van der Waals surface area contributed by atoms with Crippen molar-refractivity contribution < 1.29 is 9.21 Å². The zero-order valence-electron chi connectivity index (χ0n) is 13.2. The number of rotatable bonds is 4. The second-order valence-electron chi connectivity index (χ2n) is 5.76. The van der Waals surface area contributed by atoms with Crippen molar-refractivity contribution in [3.8, 4) is 0 Å². The number of imidazole rings is 1. The number of amides is 1. The van der Waals surface area contributed by atoms with E-state index in [4.69, 9.17) is 4.42 Å². The molecule has 0 atom stereocenters. The molecule has 2 aromatic heterocycles.